The standard InChI is InChI=1S/C14H22N2O/c1-12-4-2-5-13(10-12)16-11-14(17)6-3-8-15-9-7-14/h2,4-5,10,15-17H,3,6-9,11H2,1H3. The van der Waals surface area contributed by atoms with Gasteiger partial charge in [0, 0.05) is 12.2 Å². The van der Waals surface area contributed by atoms with Crippen molar-refractivity contribution in [3.8, 4) is 0 Å². The fraction of sp³-hybridized carbons (Fsp3) is 0.571. The molecule has 1 aromatic rings. The first-order valence-corrected chi connectivity index (χ1v) is 6.42. The lowest BCUT2D eigenvalue weighted by molar-refractivity contribution is 0.0414. The molecule has 1 unspecified atom stereocenters. The van der Waals surface area contributed by atoms with E-state index in [1.807, 2.05) is 12.1 Å². The Balaban J connectivity index is 1.92. The Labute approximate surface area is 103 Å². The van der Waals surface area contributed by atoms with Gasteiger partial charge in [0.15, 0.2) is 0 Å². The molecule has 1 aliphatic rings. The van der Waals surface area contributed by atoms with Crippen LogP contribution < -0.4 is 10.6 Å². The van der Waals surface area contributed by atoms with Crippen molar-refractivity contribution in [3.05, 3.63) is 29.8 Å². The molecule has 0 aromatic heterocycles. The normalized spacial score (nSPS) is 25.3. The van der Waals surface area contributed by atoms with E-state index < -0.39 is 5.60 Å². The predicted octanol–water partition coefficient (Wildman–Crippen LogP) is 1.91. The summed E-state index contributed by atoms with van der Waals surface area (Å²) in [6.07, 6.45) is 2.75. The Kier molecular flexibility index (Phi) is 4.02. The van der Waals surface area contributed by atoms with Gasteiger partial charge in [0.05, 0.1) is 5.60 Å². The molecule has 1 atom stereocenters. The van der Waals surface area contributed by atoms with Gasteiger partial charge in [-0.25, -0.2) is 0 Å². The molecule has 0 amide bonds. The summed E-state index contributed by atoms with van der Waals surface area (Å²) in [5.41, 5.74) is 1.77. The zero-order chi connectivity index (χ0) is 12.1. The first kappa shape index (κ1) is 12.4. The number of hydrogen-bond donors (Lipinski definition) is 3. The summed E-state index contributed by atoms with van der Waals surface area (Å²) in [4.78, 5) is 0. The molecule has 3 N–H and O–H groups in total. The van der Waals surface area contributed by atoms with Crippen molar-refractivity contribution in [3.63, 3.8) is 0 Å². The minimum Gasteiger partial charge on any atom is -0.388 e. The van der Waals surface area contributed by atoms with E-state index in [0.717, 1.165) is 38.0 Å². The van der Waals surface area contributed by atoms with E-state index in [1.165, 1.54) is 5.56 Å². The van der Waals surface area contributed by atoms with Crippen LogP contribution in [0.4, 0.5) is 5.69 Å². The van der Waals surface area contributed by atoms with Crippen LogP contribution in [0.2, 0.25) is 0 Å². The van der Waals surface area contributed by atoms with Crippen LogP contribution in [0.1, 0.15) is 24.8 Å². The van der Waals surface area contributed by atoms with E-state index >= 15 is 0 Å². The molecule has 0 saturated carbocycles. The largest absolute Gasteiger partial charge is 0.388 e. The second kappa shape index (κ2) is 5.52. The highest BCUT2D eigenvalue weighted by atomic mass is 16.3. The highest BCUT2D eigenvalue weighted by Gasteiger charge is 2.27. The molecule has 0 aliphatic carbocycles. The summed E-state index contributed by atoms with van der Waals surface area (Å²) in [7, 11) is 0. The van der Waals surface area contributed by atoms with Gasteiger partial charge in [-0.05, 0) is 57.0 Å². The van der Waals surface area contributed by atoms with Crippen LogP contribution in [-0.4, -0.2) is 30.3 Å². The zero-order valence-corrected chi connectivity index (χ0v) is 10.5. The molecule has 3 heteroatoms. The Morgan fingerprint density at radius 1 is 1.35 bits per heavy atom. The van der Waals surface area contributed by atoms with Crippen molar-refractivity contribution in [2.24, 2.45) is 0 Å². The van der Waals surface area contributed by atoms with Gasteiger partial charge in [-0.1, -0.05) is 12.1 Å². The number of nitrogens with one attached hydrogen (secondary N) is 2. The van der Waals surface area contributed by atoms with Crippen LogP contribution in [-0.2, 0) is 0 Å². The third kappa shape index (κ3) is 3.72. The van der Waals surface area contributed by atoms with E-state index in [4.69, 9.17) is 0 Å². The van der Waals surface area contributed by atoms with Crippen LogP contribution in [0.25, 0.3) is 0 Å². The van der Waals surface area contributed by atoms with E-state index in [1.54, 1.807) is 0 Å². The molecule has 2 rings (SSSR count). The monoisotopic (exact) mass is 234 g/mol. The topological polar surface area (TPSA) is 44.3 Å². The Hall–Kier alpha value is -1.06. The SMILES string of the molecule is Cc1cccc(NCC2(O)CCCNCC2)c1. The molecule has 1 saturated heterocycles. The summed E-state index contributed by atoms with van der Waals surface area (Å²) in [6.45, 7) is 4.65. The van der Waals surface area contributed by atoms with Gasteiger partial charge < -0.3 is 15.7 Å². The van der Waals surface area contributed by atoms with E-state index in [2.05, 4.69) is 29.7 Å². The highest BCUT2D eigenvalue weighted by molar-refractivity contribution is 5.45. The van der Waals surface area contributed by atoms with Crippen molar-refractivity contribution >= 4 is 5.69 Å². The van der Waals surface area contributed by atoms with Gasteiger partial charge in [-0.15, -0.1) is 0 Å². The van der Waals surface area contributed by atoms with Gasteiger partial charge >= 0.3 is 0 Å². The molecule has 17 heavy (non-hydrogen) atoms. The molecule has 1 heterocycles. The highest BCUT2D eigenvalue weighted by Crippen LogP contribution is 2.20. The maximum atomic E-state index is 10.5. The smallest absolute Gasteiger partial charge is 0.0831 e. The molecule has 1 fully saturated rings. The van der Waals surface area contributed by atoms with Gasteiger partial charge in [0.25, 0.3) is 0 Å². The van der Waals surface area contributed by atoms with Crippen LogP contribution in [0, 0.1) is 6.92 Å². The minimum atomic E-state index is -0.562. The van der Waals surface area contributed by atoms with Crippen LogP contribution in [0.3, 0.4) is 0 Å². The van der Waals surface area contributed by atoms with E-state index in [9.17, 15) is 5.11 Å². The Bertz CT molecular complexity index is 357. The van der Waals surface area contributed by atoms with Gasteiger partial charge in [0.2, 0.25) is 0 Å². The Morgan fingerprint density at radius 2 is 2.24 bits per heavy atom. The quantitative estimate of drug-likeness (QED) is 0.748. The third-order valence-corrected chi connectivity index (χ3v) is 3.40. The van der Waals surface area contributed by atoms with Gasteiger partial charge in [-0.2, -0.15) is 0 Å². The first-order chi connectivity index (χ1) is 8.18. The summed E-state index contributed by atoms with van der Waals surface area (Å²) in [5.74, 6) is 0. The number of anilines is 1. The summed E-state index contributed by atoms with van der Waals surface area (Å²) in [6, 6.07) is 8.27. The molecule has 1 aromatic carbocycles. The second-order valence-electron chi connectivity index (χ2n) is 5.05. The van der Waals surface area contributed by atoms with Gasteiger partial charge in [0.1, 0.15) is 0 Å². The molecule has 94 valence electrons. The Morgan fingerprint density at radius 3 is 3.06 bits per heavy atom. The van der Waals surface area contributed by atoms with Crippen molar-refractivity contribution < 1.29 is 5.11 Å². The fourth-order valence-corrected chi connectivity index (χ4v) is 2.31. The van der Waals surface area contributed by atoms with Crippen LogP contribution >= 0.6 is 0 Å². The van der Waals surface area contributed by atoms with Crippen molar-refractivity contribution in [2.75, 3.05) is 25.0 Å². The maximum absolute atomic E-state index is 10.5. The van der Waals surface area contributed by atoms with Crippen molar-refractivity contribution in [1.82, 2.24) is 5.32 Å². The number of benzene rings is 1. The van der Waals surface area contributed by atoms with Crippen molar-refractivity contribution in [1.29, 1.82) is 0 Å². The lowest BCUT2D eigenvalue weighted by Crippen LogP contribution is -2.37. The molecule has 0 spiro atoms. The molecular weight excluding hydrogens is 212 g/mol. The minimum absolute atomic E-state index is 0.562. The lowest BCUT2D eigenvalue weighted by atomic mass is 9.95. The zero-order valence-electron chi connectivity index (χ0n) is 10.5. The summed E-state index contributed by atoms with van der Waals surface area (Å²) >= 11 is 0. The maximum Gasteiger partial charge on any atom is 0.0831 e. The second-order valence-corrected chi connectivity index (χ2v) is 5.05. The average molecular weight is 234 g/mol. The number of aryl methyl sites for hydroxylation is 1. The molecule has 0 bridgehead atoms. The summed E-state index contributed by atoms with van der Waals surface area (Å²) < 4.78 is 0. The predicted molar refractivity (Wildman–Crippen MR) is 71.3 cm³/mol. The molecule has 1 aliphatic heterocycles. The summed E-state index contributed by atoms with van der Waals surface area (Å²) in [5, 5.41) is 17.1. The van der Waals surface area contributed by atoms with E-state index in [-0.39, 0.29) is 0 Å². The van der Waals surface area contributed by atoms with Crippen LogP contribution in [0.5, 0.6) is 0 Å². The first-order valence-electron chi connectivity index (χ1n) is 6.42. The number of hydrogen-bond acceptors (Lipinski definition) is 3. The van der Waals surface area contributed by atoms with Crippen molar-refractivity contribution in [2.45, 2.75) is 31.8 Å². The number of aliphatic hydroxyl groups is 1. The average Bonchev–Trinajstić information content (AvgIpc) is 2.53. The lowest BCUT2D eigenvalue weighted by Gasteiger charge is -2.27. The molecular formula is C14H22N2O. The van der Waals surface area contributed by atoms with Gasteiger partial charge in [-0.3, -0.25) is 0 Å². The van der Waals surface area contributed by atoms with Crippen LogP contribution in [0.15, 0.2) is 24.3 Å². The number of rotatable bonds is 3. The van der Waals surface area contributed by atoms with E-state index in [0.29, 0.717) is 6.54 Å². The third-order valence-electron chi connectivity index (χ3n) is 3.40. The molecule has 0 radical (unpaired) electrons. The molecule has 3 nitrogen and oxygen atoms in total. The fourth-order valence-electron chi connectivity index (χ4n) is 2.31.